The topological polar surface area (TPSA) is 93.3 Å². The van der Waals surface area contributed by atoms with Crippen LogP contribution in [0.3, 0.4) is 0 Å². The number of benzene rings is 1. The Morgan fingerprint density at radius 2 is 1.85 bits per heavy atom. The summed E-state index contributed by atoms with van der Waals surface area (Å²) in [6.07, 6.45) is 10.2. The average Bonchev–Trinajstić information content (AvgIpc) is 3.70. The minimum Gasteiger partial charge on any atom is -0.461 e. The Kier molecular flexibility index (Phi) is 5.45. The van der Waals surface area contributed by atoms with Gasteiger partial charge in [-0.2, -0.15) is 9.97 Å². The van der Waals surface area contributed by atoms with Crippen LogP contribution in [0.25, 0.3) is 32.4 Å². The fraction of sp³-hybridized carbons (Fsp3) is 0.517. The van der Waals surface area contributed by atoms with E-state index in [4.69, 9.17) is 20.4 Å². The maximum absolute atomic E-state index is 16.4. The van der Waals surface area contributed by atoms with Crippen LogP contribution in [0, 0.1) is 17.7 Å². The molecule has 8 rings (SSSR count). The van der Waals surface area contributed by atoms with E-state index < -0.39 is 5.82 Å². The first-order valence-electron chi connectivity index (χ1n) is 14.2. The molecule has 202 valence electrons. The van der Waals surface area contributed by atoms with Gasteiger partial charge in [0.1, 0.15) is 23.6 Å². The van der Waals surface area contributed by atoms with Gasteiger partial charge in [0, 0.05) is 24.8 Å². The van der Waals surface area contributed by atoms with Gasteiger partial charge in [-0.05, 0) is 75.9 Å². The zero-order chi connectivity index (χ0) is 26.1. The number of nitrogens with two attached hydrogens (primary N) is 1. The van der Waals surface area contributed by atoms with Gasteiger partial charge < -0.3 is 15.4 Å². The number of hydrogen-bond donors (Lipinski definition) is 1. The second-order valence-corrected chi connectivity index (χ2v) is 12.9. The molecule has 4 fully saturated rings. The van der Waals surface area contributed by atoms with E-state index in [9.17, 15) is 0 Å². The molecule has 1 saturated carbocycles. The molecule has 39 heavy (non-hydrogen) atoms. The SMILES string of the molecule is Nc1nc2c(-c3ncc4c(N5CC6CCC(C6)C5)nc(OCC56CCCN5CCC6)nc4c3F)cccc2s1. The van der Waals surface area contributed by atoms with Crippen molar-refractivity contribution < 1.29 is 9.13 Å². The van der Waals surface area contributed by atoms with Crippen molar-refractivity contribution in [3.8, 4) is 17.3 Å². The Morgan fingerprint density at radius 3 is 2.64 bits per heavy atom. The lowest BCUT2D eigenvalue weighted by Gasteiger charge is -2.34. The molecule has 3 aliphatic heterocycles. The number of nitrogen functional groups attached to an aromatic ring is 1. The van der Waals surface area contributed by atoms with Gasteiger partial charge in [0.15, 0.2) is 10.9 Å². The first-order chi connectivity index (χ1) is 19.1. The highest BCUT2D eigenvalue weighted by molar-refractivity contribution is 7.22. The maximum atomic E-state index is 16.4. The first-order valence-corrected chi connectivity index (χ1v) is 15.0. The number of aromatic nitrogens is 4. The molecule has 0 spiro atoms. The maximum Gasteiger partial charge on any atom is 0.319 e. The molecule has 1 aromatic carbocycles. The van der Waals surface area contributed by atoms with Crippen molar-refractivity contribution in [1.29, 1.82) is 0 Å². The highest BCUT2D eigenvalue weighted by Crippen LogP contribution is 2.42. The minimum atomic E-state index is -0.471. The summed E-state index contributed by atoms with van der Waals surface area (Å²) < 4.78 is 23.7. The van der Waals surface area contributed by atoms with E-state index in [-0.39, 0.29) is 22.8 Å². The Balaban J connectivity index is 1.24. The van der Waals surface area contributed by atoms with Crippen LogP contribution in [0.5, 0.6) is 6.01 Å². The molecule has 8 nitrogen and oxygen atoms in total. The van der Waals surface area contributed by atoms with Crippen LogP contribution >= 0.6 is 11.3 Å². The van der Waals surface area contributed by atoms with Gasteiger partial charge in [-0.15, -0.1) is 0 Å². The molecule has 3 aromatic heterocycles. The molecule has 3 saturated heterocycles. The normalized spacial score (nSPS) is 24.2. The number of hydrogen-bond acceptors (Lipinski definition) is 9. The van der Waals surface area contributed by atoms with Crippen LogP contribution in [0.1, 0.15) is 44.9 Å². The minimum absolute atomic E-state index is 0.0604. The molecule has 2 bridgehead atoms. The standard InChI is InChI=1S/C29H32FN7OS/c30-22-24(19-4-1-5-21-23(19)33-27(31)39-21)32-13-20-25(22)34-28(38-16-29-8-2-10-37(29)11-3-9-29)35-26(20)36-14-17-6-7-18(12-17)15-36/h1,4-5,13,17-18H,2-3,6-12,14-16H2,(H2,31,33). The number of para-hydroxylation sites is 1. The fourth-order valence-corrected chi connectivity index (χ4v) is 8.47. The second kappa shape index (κ2) is 8.96. The fourth-order valence-electron chi connectivity index (χ4n) is 7.71. The summed E-state index contributed by atoms with van der Waals surface area (Å²) in [6, 6.07) is 5.93. The van der Waals surface area contributed by atoms with Crippen molar-refractivity contribution in [1.82, 2.24) is 24.8 Å². The number of rotatable bonds is 5. The quantitative estimate of drug-likeness (QED) is 0.363. The van der Waals surface area contributed by atoms with E-state index >= 15 is 4.39 Å². The van der Waals surface area contributed by atoms with E-state index in [1.807, 2.05) is 18.2 Å². The van der Waals surface area contributed by atoms with Crippen LogP contribution in [-0.4, -0.2) is 63.2 Å². The zero-order valence-corrected chi connectivity index (χ0v) is 22.7. The number of anilines is 2. The van der Waals surface area contributed by atoms with E-state index in [1.54, 1.807) is 6.20 Å². The summed E-state index contributed by atoms with van der Waals surface area (Å²) in [5, 5.41) is 1.09. The predicted octanol–water partition coefficient (Wildman–Crippen LogP) is 5.27. The number of pyridine rings is 1. The van der Waals surface area contributed by atoms with Crippen molar-refractivity contribution in [2.75, 3.05) is 43.4 Å². The molecule has 0 amide bonds. The molecular formula is C29H32FN7OS. The molecule has 0 radical (unpaired) electrons. The molecule has 2 unspecified atom stereocenters. The van der Waals surface area contributed by atoms with Crippen molar-refractivity contribution >= 4 is 43.4 Å². The highest BCUT2D eigenvalue weighted by atomic mass is 32.1. The Morgan fingerprint density at radius 1 is 1.05 bits per heavy atom. The molecule has 4 aliphatic rings. The summed E-state index contributed by atoms with van der Waals surface area (Å²) >= 11 is 1.39. The number of nitrogens with zero attached hydrogens (tertiary/aromatic N) is 6. The molecule has 4 aromatic rings. The van der Waals surface area contributed by atoms with E-state index in [2.05, 4.69) is 19.8 Å². The van der Waals surface area contributed by atoms with Crippen molar-refractivity contribution in [3.63, 3.8) is 0 Å². The van der Waals surface area contributed by atoms with Gasteiger partial charge in [0.05, 0.1) is 21.1 Å². The van der Waals surface area contributed by atoms with Crippen molar-refractivity contribution in [2.45, 2.75) is 50.5 Å². The third kappa shape index (κ3) is 3.86. The third-order valence-electron chi connectivity index (χ3n) is 9.52. The van der Waals surface area contributed by atoms with Crippen LogP contribution in [0.2, 0.25) is 0 Å². The zero-order valence-electron chi connectivity index (χ0n) is 21.9. The second-order valence-electron chi connectivity index (χ2n) is 11.9. The molecule has 10 heteroatoms. The largest absolute Gasteiger partial charge is 0.461 e. The number of fused-ring (bicyclic) bond motifs is 5. The Bertz CT molecular complexity index is 1570. The summed E-state index contributed by atoms with van der Waals surface area (Å²) in [6.45, 7) is 4.65. The average molecular weight is 546 g/mol. The molecule has 2 atom stereocenters. The van der Waals surface area contributed by atoms with Gasteiger partial charge >= 0.3 is 6.01 Å². The lowest BCUT2D eigenvalue weighted by atomic mass is 9.95. The van der Waals surface area contributed by atoms with Gasteiger partial charge in [-0.25, -0.2) is 9.37 Å². The van der Waals surface area contributed by atoms with E-state index in [0.29, 0.717) is 40.0 Å². The lowest BCUT2D eigenvalue weighted by Crippen LogP contribution is -2.43. The van der Waals surface area contributed by atoms with Crippen LogP contribution in [0.15, 0.2) is 24.4 Å². The van der Waals surface area contributed by atoms with E-state index in [0.717, 1.165) is 49.5 Å². The number of halogens is 1. The molecule has 6 heterocycles. The monoisotopic (exact) mass is 545 g/mol. The molecular weight excluding hydrogens is 513 g/mol. The third-order valence-corrected chi connectivity index (χ3v) is 10.4. The van der Waals surface area contributed by atoms with E-state index in [1.165, 1.54) is 43.4 Å². The summed E-state index contributed by atoms with van der Waals surface area (Å²) in [5.41, 5.74) is 7.80. The van der Waals surface area contributed by atoms with Gasteiger partial charge in [-0.3, -0.25) is 9.88 Å². The summed E-state index contributed by atoms with van der Waals surface area (Å²) in [5.74, 6) is 1.59. The lowest BCUT2D eigenvalue weighted by molar-refractivity contribution is 0.108. The Hall–Kier alpha value is -3.11. The summed E-state index contributed by atoms with van der Waals surface area (Å²) in [7, 11) is 0. The molecule has 2 N–H and O–H groups in total. The van der Waals surface area contributed by atoms with Crippen LogP contribution in [-0.2, 0) is 0 Å². The van der Waals surface area contributed by atoms with Crippen molar-refractivity contribution in [3.05, 3.63) is 30.2 Å². The number of piperidine rings is 1. The highest BCUT2D eigenvalue weighted by Gasteiger charge is 2.45. The van der Waals surface area contributed by atoms with Crippen LogP contribution in [0.4, 0.5) is 15.3 Å². The first kappa shape index (κ1) is 23.7. The van der Waals surface area contributed by atoms with Crippen LogP contribution < -0.4 is 15.4 Å². The molecule has 1 aliphatic carbocycles. The Labute approximate surface area is 230 Å². The summed E-state index contributed by atoms with van der Waals surface area (Å²) in [4.78, 5) is 23.6. The smallest absolute Gasteiger partial charge is 0.319 e. The van der Waals surface area contributed by atoms with Gasteiger partial charge in [-0.1, -0.05) is 23.5 Å². The number of thiazole rings is 1. The number of ether oxygens (including phenoxy) is 1. The van der Waals surface area contributed by atoms with Gasteiger partial charge in [0.2, 0.25) is 0 Å². The predicted molar refractivity (Wildman–Crippen MR) is 152 cm³/mol. The van der Waals surface area contributed by atoms with Gasteiger partial charge in [0.25, 0.3) is 0 Å². The van der Waals surface area contributed by atoms with Crippen molar-refractivity contribution in [2.24, 2.45) is 11.8 Å².